The van der Waals surface area contributed by atoms with Crippen molar-refractivity contribution in [3.63, 3.8) is 0 Å². The summed E-state index contributed by atoms with van der Waals surface area (Å²) < 4.78 is 0. The van der Waals surface area contributed by atoms with Gasteiger partial charge in [-0.3, -0.25) is 14.9 Å². The number of aromatic nitrogens is 1. The maximum Gasteiger partial charge on any atom is 0.314 e. The highest BCUT2D eigenvalue weighted by Gasteiger charge is 2.26. The molecule has 0 saturated heterocycles. The van der Waals surface area contributed by atoms with Gasteiger partial charge < -0.3 is 10.4 Å². The summed E-state index contributed by atoms with van der Waals surface area (Å²) in [6.07, 6.45) is 4.54. The molecule has 2 N–H and O–H groups in total. The van der Waals surface area contributed by atoms with Crippen LogP contribution in [0.1, 0.15) is 31.2 Å². The Labute approximate surface area is 122 Å². The van der Waals surface area contributed by atoms with Crippen LogP contribution in [0.25, 0.3) is 0 Å². The molecular weight excluding hydrogens is 274 g/mol. The van der Waals surface area contributed by atoms with Crippen LogP contribution in [-0.4, -0.2) is 27.5 Å². The number of hydrogen-bond donors (Lipinski definition) is 2. The van der Waals surface area contributed by atoms with Gasteiger partial charge in [-0.1, -0.05) is 0 Å². The predicted molar refractivity (Wildman–Crippen MR) is 77.2 cm³/mol. The molecule has 1 aromatic rings. The summed E-state index contributed by atoms with van der Waals surface area (Å²) in [7, 11) is 0. The minimum atomic E-state index is -0.725. The number of hydrogen-bond acceptors (Lipinski definition) is 5. The van der Waals surface area contributed by atoms with Crippen molar-refractivity contribution in [3.05, 3.63) is 27.9 Å². The zero-order valence-electron chi connectivity index (χ0n) is 11.9. The fraction of sp³-hybridized carbons (Fsp3) is 0.571. The number of aliphatic carboxylic acids is 1. The fourth-order valence-corrected chi connectivity index (χ4v) is 2.76. The Morgan fingerprint density at radius 1 is 1.48 bits per heavy atom. The second-order valence-corrected chi connectivity index (χ2v) is 5.52. The van der Waals surface area contributed by atoms with Crippen LogP contribution in [0.3, 0.4) is 0 Å². The lowest BCUT2D eigenvalue weighted by Crippen LogP contribution is -2.25. The van der Waals surface area contributed by atoms with E-state index in [9.17, 15) is 14.9 Å². The number of rotatable bonds is 5. The summed E-state index contributed by atoms with van der Waals surface area (Å²) in [5.41, 5.74) is 0.587. The Balaban J connectivity index is 1.94. The van der Waals surface area contributed by atoms with E-state index in [1.165, 1.54) is 0 Å². The third-order valence-electron chi connectivity index (χ3n) is 4.06. The van der Waals surface area contributed by atoms with Crippen LogP contribution in [0, 0.1) is 28.9 Å². The Morgan fingerprint density at radius 2 is 2.14 bits per heavy atom. The van der Waals surface area contributed by atoms with Crippen molar-refractivity contribution in [1.29, 1.82) is 0 Å². The van der Waals surface area contributed by atoms with Crippen molar-refractivity contribution < 1.29 is 14.8 Å². The van der Waals surface area contributed by atoms with Gasteiger partial charge in [0, 0.05) is 18.3 Å². The summed E-state index contributed by atoms with van der Waals surface area (Å²) in [6.45, 7) is 2.27. The third kappa shape index (κ3) is 3.68. The zero-order valence-corrected chi connectivity index (χ0v) is 11.9. The number of pyridine rings is 1. The van der Waals surface area contributed by atoms with Crippen molar-refractivity contribution in [2.24, 2.45) is 11.8 Å². The fourth-order valence-electron chi connectivity index (χ4n) is 2.76. The summed E-state index contributed by atoms with van der Waals surface area (Å²) in [5.74, 6) is -0.340. The Morgan fingerprint density at radius 3 is 2.71 bits per heavy atom. The minimum Gasteiger partial charge on any atom is -0.481 e. The van der Waals surface area contributed by atoms with E-state index in [-0.39, 0.29) is 11.6 Å². The number of aryl methyl sites for hydroxylation is 1. The monoisotopic (exact) mass is 293 g/mol. The number of nitrogens with one attached hydrogen (secondary N) is 1. The number of carbonyl (C=O) groups is 1. The van der Waals surface area contributed by atoms with Gasteiger partial charge in [-0.05, 0) is 44.6 Å². The molecule has 0 aromatic carbocycles. The first-order valence-corrected chi connectivity index (χ1v) is 7.05. The van der Waals surface area contributed by atoms with Crippen LogP contribution in [-0.2, 0) is 4.79 Å². The van der Waals surface area contributed by atoms with Gasteiger partial charge in [0.1, 0.15) is 0 Å². The van der Waals surface area contributed by atoms with Crippen molar-refractivity contribution in [2.75, 3.05) is 11.9 Å². The highest BCUT2D eigenvalue weighted by molar-refractivity contribution is 5.70. The highest BCUT2D eigenvalue weighted by atomic mass is 16.6. The van der Waals surface area contributed by atoms with Gasteiger partial charge in [-0.25, -0.2) is 4.98 Å². The van der Waals surface area contributed by atoms with Gasteiger partial charge in [0.2, 0.25) is 5.82 Å². The minimum absolute atomic E-state index is 0.0109. The summed E-state index contributed by atoms with van der Waals surface area (Å²) in [6, 6.07) is 1.61. The van der Waals surface area contributed by atoms with Gasteiger partial charge in [-0.2, -0.15) is 0 Å². The van der Waals surface area contributed by atoms with Crippen LogP contribution >= 0.6 is 0 Å². The largest absolute Gasteiger partial charge is 0.481 e. The molecule has 1 aliphatic rings. The van der Waals surface area contributed by atoms with E-state index in [1.54, 1.807) is 19.2 Å². The molecule has 1 aliphatic carbocycles. The van der Waals surface area contributed by atoms with Gasteiger partial charge in [0.25, 0.3) is 0 Å². The lowest BCUT2D eigenvalue weighted by Gasteiger charge is -2.26. The molecule has 2 rings (SSSR count). The van der Waals surface area contributed by atoms with E-state index in [1.807, 2.05) is 0 Å². The molecule has 1 fully saturated rings. The number of carboxylic acid groups (broad SMARTS) is 1. The number of carboxylic acids is 1. The van der Waals surface area contributed by atoms with Crippen molar-refractivity contribution in [1.82, 2.24) is 4.98 Å². The van der Waals surface area contributed by atoms with Crippen molar-refractivity contribution in [3.8, 4) is 0 Å². The highest BCUT2D eigenvalue weighted by Crippen LogP contribution is 2.30. The summed E-state index contributed by atoms with van der Waals surface area (Å²) in [5, 5.41) is 23.1. The van der Waals surface area contributed by atoms with E-state index in [2.05, 4.69) is 10.3 Å². The van der Waals surface area contributed by atoms with Crippen molar-refractivity contribution in [2.45, 2.75) is 32.6 Å². The molecule has 1 saturated carbocycles. The van der Waals surface area contributed by atoms with Gasteiger partial charge in [0.15, 0.2) is 0 Å². The van der Waals surface area contributed by atoms with E-state index >= 15 is 0 Å². The topological polar surface area (TPSA) is 105 Å². The average Bonchev–Trinajstić information content (AvgIpc) is 2.45. The average molecular weight is 293 g/mol. The van der Waals surface area contributed by atoms with Gasteiger partial charge in [-0.15, -0.1) is 0 Å². The molecular formula is C14H19N3O4. The number of nitro groups is 1. The first-order chi connectivity index (χ1) is 9.99. The standard InChI is InChI=1S/C14H19N3O4/c1-9-6-7-15-13(12(9)17(20)21)16-8-10-2-4-11(5-3-10)14(18)19/h6-7,10-11H,2-5,8H2,1H3,(H,15,16)(H,18,19). The van der Waals surface area contributed by atoms with Crippen LogP contribution in [0.4, 0.5) is 11.5 Å². The molecule has 0 bridgehead atoms. The maximum absolute atomic E-state index is 11.1. The molecule has 1 heterocycles. The van der Waals surface area contributed by atoms with E-state index < -0.39 is 10.9 Å². The third-order valence-corrected chi connectivity index (χ3v) is 4.06. The van der Waals surface area contributed by atoms with Crippen LogP contribution in [0.5, 0.6) is 0 Å². The molecule has 0 radical (unpaired) electrons. The van der Waals surface area contributed by atoms with Crippen LogP contribution in [0.2, 0.25) is 0 Å². The van der Waals surface area contributed by atoms with E-state index in [0.29, 0.717) is 36.7 Å². The molecule has 0 aliphatic heterocycles. The lowest BCUT2D eigenvalue weighted by atomic mass is 9.82. The molecule has 21 heavy (non-hydrogen) atoms. The number of nitrogens with zero attached hydrogens (tertiary/aromatic N) is 2. The Kier molecular flexibility index (Phi) is 4.72. The Hall–Kier alpha value is -2.18. The molecule has 7 heteroatoms. The molecule has 0 unspecified atom stereocenters. The molecule has 7 nitrogen and oxygen atoms in total. The van der Waals surface area contributed by atoms with Gasteiger partial charge in [0.05, 0.1) is 10.8 Å². The summed E-state index contributed by atoms with van der Waals surface area (Å²) in [4.78, 5) is 25.6. The van der Waals surface area contributed by atoms with Crippen molar-refractivity contribution >= 4 is 17.5 Å². The SMILES string of the molecule is Cc1ccnc(NCC2CCC(C(=O)O)CC2)c1[N+](=O)[O-]. The maximum atomic E-state index is 11.1. The first kappa shape index (κ1) is 15.2. The molecule has 0 amide bonds. The normalized spacial score (nSPS) is 21.8. The van der Waals surface area contributed by atoms with Crippen LogP contribution < -0.4 is 5.32 Å². The first-order valence-electron chi connectivity index (χ1n) is 7.05. The quantitative estimate of drug-likeness (QED) is 0.638. The molecule has 0 atom stereocenters. The van der Waals surface area contributed by atoms with Crippen LogP contribution in [0.15, 0.2) is 12.3 Å². The zero-order chi connectivity index (χ0) is 15.4. The second-order valence-electron chi connectivity index (χ2n) is 5.52. The molecule has 114 valence electrons. The molecule has 0 spiro atoms. The Bertz CT molecular complexity index is 539. The number of anilines is 1. The van der Waals surface area contributed by atoms with E-state index in [0.717, 1.165) is 12.8 Å². The summed E-state index contributed by atoms with van der Waals surface area (Å²) >= 11 is 0. The van der Waals surface area contributed by atoms with E-state index in [4.69, 9.17) is 5.11 Å². The second kappa shape index (κ2) is 6.51. The lowest BCUT2D eigenvalue weighted by molar-refractivity contribution is -0.384. The smallest absolute Gasteiger partial charge is 0.314 e. The predicted octanol–water partition coefficient (Wildman–Crippen LogP) is 2.60. The van der Waals surface area contributed by atoms with Gasteiger partial charge >= 0.3 is 11.7 Å². The molecule has 1 aromatic heterocycles.